The Morgan fingerprint density at radius 3 is 2.60 bits per heavy atom. The highest BCUT2D eigenvalue weighted by atomic mass is 15.1. The molecule has 3 nitrogen and oxygen atoms in total. The van der Waals surface area contributed by atoms with Crippen LogP contribution in [0.3, 0.4) is 0 Å². The van der Waals surface area contributed by atoms with Gasteiger partial charge in [-0.15, -0.1) is 0 Å². The van der Waals surface area contributed by atoms with Crippen molar-refractivity contribution in [2.45, 2.75) is 33.0 Å². The molecule has 0 spiro atoms. The number of rotatable bonds is 5. The molecule has 0 aliphatic carbocycles. The summed E-state index contributed by atoms with van der Waals surface area (Å²) in [5.74, 6) is 0. The van der Waals surface area contributed by atoms with Gasteiger partial charge >= 0.3 is 0 Å². The average molecular weight is 267 g/mol. The average Bonchev–Trinajstić information content (AvgIpc) is 2.92. The highest BCUT2D eigenvalue weighted by molar-refractivity contribution is 5.51. The van der Waals surface area contributed by atoms with Crippen LogP contribution >= 0.6 is 0 Å². The van der Waals surface area contributed by atoms with Crippen LogP contribution in [0.5, 0.6) is 0 Å². The quantitative estimate of drug-likeness (QED) is 0.844. The van der Waals surface area contributed by atoms with Crippen molar-refractivity contribution in [3.63, 3.8) is 0 Å². The summed E-state index contributed by atoms with van der Waals surface area (Å²) in [6, 6.07) is 13.0. The van der Waals surface area contributed by atoms with Crippen molar-refractivity contribution in [2.24, 2.45) is 0 Å². The van der Waals surface area contributed by atoms with Gasteiger partial charge < -0.3 is 10.2 Å². The lowest BCUT2D eigenvalue weighted by molar-refractivity contribution is 0.664. The van der Waals surface area contributed by atoms with E-state index in [1.165, 1.54) is 16.8 Å². The minimum Gasteiger partial charge on any atom is -0.363 e. The SMILES string of the molecule is CCCNCc1cc(N2Cc3ccccc3C2)ccn1. The normalized spacial score (nSPS) is 13.6. The standard InChI is InChI=1S/C17H21N3/c1-2-8-18-11-16-10-17(7-9-19-16)20-12-14-5-3-4-6-15(14)13-20/h3-7,9-10,18H,2,8,11-13H2,1H3. The first kappa shape index (κ1) is 13.1. The van der Waals surface area contributed by atoms with E-state index < -0.39 is 0 Å². The largest absolute Gasteiger partial charge is 0.363 e. The van der Waals surface area contributed by atoms with E-state index in [9.17, 15) is 0 Å². The van der Waals surface area contributed by atoms with E-state index in [0.29, 0.717) is 0 Å². The zero-order chi connectivity index (χ0) is 13.8. The van der Waals surface area contributed by atoms with E-state index in [-0.39, 0.29) is 0 Å². The Balaban J connectivity index is 1.71. The van der Waals surface area contributed by atoms with Crippen molar-refractivity contribution < 1.29 is 0 Å². The van der Waals surface area contributed by atoms with E-state index in [1.54, 1.807) is 0 Å². The maximum absolute atomic E-state index is 4.44. The van der Waals surface area contributed by atoms with Gasteiger partial charge in [0.1, 0.15) is 0 Å². The third kappa shape index (κ3) is 2.83. The van der Waals surface area contributed by atoms with Gasteiger partial charge in [-0.25, -0.2) is 0 Å². The van der Waals surface area contributed by atoms with Crippen LogP contribution in [0, 0.1) is 0 Å². The second kappa shape index (κ2) is 6.06. The maximum Gasteiger partial charge on any atom is 0.0562 e. The number of aromatic nitrogens is 1. The van der Waals surface area contributed by atoms with Gasteiger partial charge in [0.25, 0.3) is 0 Å². The molecule has 0 radical (unpaired) electrons. The van der Waals surface area contributed by atoms with Crippen LogP contribution in [-0.4, -0.2) is 11.5 Å². The Hall–Kier alpha value is -1.87. The van der Waals surface area contributed by atoms with Gasteiger partial charge in [-0.2, -0.15) is 0 Å². The molecule has 0 amide bonds. The predicted octanol–water partition coefficient (Wildman–Crippen LogP) is 3.10. The fourth-order valence-electron chi connectivity index (χ4n) is 2.67. The summed E-state index contributed by atoms with van der Waals surface area (Å²) in [6.07, 6.45) is 3.07. The van der Waals surface area contributed by atoms with Crippen molar-refractivity contribution >= 4 is 5.69 Å². The van der Waals surface area contributed by atoms with E-state index >= 15 is 0 Å². The van der Waals surface area contributed by atoms with Crippen LogP contribution in [0.4, 0.5) is 5.69 Å². The van der Waals surface area contributed by atoms with E-state index in [1.807, 2.05) is 6.20 Å². The monoisotopic (exact) mass is 267 g/mol. The summed E-state index contributed by atoms with van der Waals surface area (Å²) in [5, 5.41) is 3.41. The third-order valence-corrected chi connectivity index (χ3v) is 3.74. The Morgan fingerprint density at radius 2 is 1.90 bits per heavy atom. The summed E-state index contributed by atoms with van der Waals surface area (Å²) < 4.78 is 0. The van der Waals surface area contributed by atoms with Gasteiger partial charge in [-0.1, -0.05) is 31.2 Å². The Kier molecular flexibility index (Phi) is 3.97. The lowest BCUT2D eigenvalue weighted by Crippen LogP contribution is -2.17. The number of nitrogens with zero attached hydrogens (tertiary/aromatic N) is 2. The number of benzene rings is 1. The van der Waals surface area contributed by atoms with Crippen LogP contribution in [0.1, 0.15) is 30.2 Å². The molecule has 3 heteroatoms. The molecule has 2 aromatic rings. The Labute approximate surface area is 120 Å². The molecule has 0 fully saturated rings. The van der Waals surface area contributed by atoms with Crippen LogP contribution in [-0.2, 0) is 19.6 Å². The number of pyridine rings is 1. The van der Waals surface area contributed by atoms with Crippen molar-refractivity contribution in [3.05, 3.63) is 59.4 Å². The molecule has 1 aromatic heterocycles. The number of hydrogen-bond acceptors (Lipinski definition) is 3. The second-order valence-electron chi connectivity index (χ2n) is 5.31. The van der Waals surface area contributed by atoms with Crippen LogP contribution in [0.25, 0.3) is 0 Å². The van der Waals surface area contributed by atoms with Gasteiger partial charge in [0.15, 0.2) is 0 Å². The molecule has 1 N–H and O–H groups in total. The lowest BCUT2D eigenvalue weighted by Gasteiger charge is -2.18. The van der Waals surface area contributed by atoms with E-state index in [2.05, 4.69) is 58.5 Å². The molecule has 0 saturated carbocycles. The van der Waals surface area contributed by atoms with Gasteiger partial charge in [0.2, 0.25) is 0 Å². The van der Waals surface area contributed by atoms with E-state index in [4.69, 9.17) is 0 Å². The molecule has 0 bridgehead atoms. The molecule has 20 heavy (non-hydrogen) atoms. The van der Waals surface area contributed by atoms with Crippen LogP contribution in [0.15, 0.2) is 42.6 Å². The summed E-state index contributed by atoms with van der Waals surface area (Å²) in [5.41, 5.74) is 5.27. The maximum atomic E-state index is 4.44. The zero-order valence-electron chi connectivity index (χ0n) is 12.0. The van der Waals surface area contributed by atoms with Gasteiger partial charge in [0.05, 0.1) is 5.69 Å². The summed E-state index contributed by atoms with van der Waals surface area (Å²) in [6.45, 7) is 6.08. The van der Waals surface area contributed by atoms with Crippen LogP contribution in [0.2, 0.25) is 0 Å². The molecule has 104 valence electrons. The number of anilines is 1. The molecule has 2 heterocycles. The highest BCUT2D eigenvalue weighted by Crippen LogP contribution is 2.27. The number of hydrogen-bond donors (Lipinski definition) is 1. The molecule has 0 unspecified atom stereocenters. The summed E-state index contributed by atoms with van der Waals surface area (Å²) in [4.78, 5) is 6.85. The first-order valence-electron chi connectivity index (χ1n) is 7.34. The smallest absolute Gasteiger partial charge is 0.0562 e. The first-order valence-corrected chi connectivity index (χ1v) is 7.34. The zero-order valence-corrected chi connectivity index (χ0v) is 12.0. The summed E-state index contributed by atoms with van der Waals surface area (Å²) in [7, 11) is 0. The van der Waals surface area contributed by atoms with Crippen molar-refractivity contribution in [2.75, 3.05) is 11.4 Å². The lowest BCUT2D eigenvalue weighted by atomic mass is 10.1. The molecule has 3 rings (SSSR count). The Morgan fingerprint density at radius 1 is 1.15 bits per heavy atom. The Bertz CT molecular complexity index is 555. The highest BCUT2D eigenvalue weighted by Gasteiger charge is 2.18. The van der Waals surface area contributed by atoms with Crippen molar-refractivity contribution in [1.29, 1.82) is 0 Å². The second-order valence-corrected chi connectivity index (χ2v) is 5.31. The van der Waals surface area contributed by atoms with Crippen molar-refractivity contribution in [1.82, 2.24) is 10.3 Å². The topological polar surface area (TPSA) is 28.2 Å². The predicted molar refractivity (Wildman–Crippen MR) is 82.6 cm³/mol. The van der Waals surface area contributed by atoms with E-state index in [0.717, 1.165) is 38.3 Å². The molecular formula is C17H21N3. The summed E-state index contributed by atoms with van der Waals surface area (Å²) >= 11 is 0. The number of nitrogens with one attached hydrogen (secondary N) is 1. The fraction of sp³-hybridized carbons (Fsp3) is 0.353. The molecule has 0 atom stereocenters. The first-order chi connectivity index (χ1) is 9.86. The fourth-order valence-corrected chi connectivity index (χ4v) is 2.67. The van der Waals surface area contributed by atoms with Crippen LogP contribution < -0.4 is 10.2 Å². The van der Waals surface area contributed by atoms with Crippen molar-refractivity contribution in [3.8, 4) is 0 Å². The van der Waals surface area contributed by atoms with Gasteiger partial charge in [-0.3, -0.25) is 4.98 Å². The minimum absolute atomic E-state index is 0.850. The molecule has 0 saturated heterocycles. The minimum atomic E-state index is 0.850. The molecular weight excluding hydrogens is 246 g/mol. The number of fused-ring (bicyclic) bond motifs is 1. The molecule has 1 aromatic carbocycles. The van der Waals surface area contributed by atoms with Gasteiger partial charge in [0, 0.05) is 31.5 Å². The molecule has 1 aliphatic rings. The molecule has 1 aliphatic heterocycles. The third-order valence-electron chi connectivity index (χ3n) is 3.74. The van der Waals surface area contributed by atoms with Gasteiger partial charge in [-0.05, 0) is 36.2 Å².